The highest BCUT2D eigenvalue weighted by Gasteiger charge is 2.38. The van der Waals surface area contributed by atoms with Crippen LogP contribution < -0.4 is 0 Å². The van der Waals surface area contributed by atoms with Gasteiger partial charge >= 0.3 is 6.18 Å². The Hall–Kier alpha value is 0.230. The molecule has 0 radical (unpaired) electrons. The van der Waals surface area contributed by atoms with E-state index in [1.165, 1.54) is 0 Å². The molecule has 0 fully saturated rings. The largest absolute Gasteiger partial charge is 0.402 e. The van der Waals surface area contributed by atoms with Gasteiger partial charge in [-0.2, -0.15) is 13.2 Å². The molecule has 0 N–H and O–H groups in total. The first-order chi connectivity index (χ1) is 7.12. The van der Waals surface area contributed by atoms with Gasteiger partial charge in [-0.3, -0.25) is 0 Å². The lowest BCUT2D eigenvalue weighted by Gasteiger charge is -2.28. The van der Waals surface area contributed by atoms with Crippen molar-refractivity contribution in [1.82, 2.24) is 4.90 Å². The molecule has 0 aliphatic heterocycles. The van der Waals surface area contributed by atoms with Crippen LogP contribution in [0.4, 0.5) is 13.2 Å². The number of alkyl halides is 4. The minimum absolute atomic E-state index is 0.0276. The minimum Gasteiger partial charge on any atom is -0.301 e. The molecular weight excluding hydrogens is 283 g/mol. The fourth-order valence-corrected chi connectivity index (χ4v) is 2.00. The van der Waals surface area contributed by atoms with Crippen molar-refractivity contribution in [3.8, 4) is 0 Å². The van der Waals surface area contributed by atoms with E-state index in [0.717, 1.165) is 0 Å². The summed E-state index contributed by atoms with van der Waals surface area (Å²) in [6.07, 6.45) is -4.16. The van der Waals surface area contributed by atoms with Crippen molar-refractivity contribution in [3.63, 3.8) is 0 Å². The molecule has 1 atom stereocenters. The maximum absolute atomic E-state index is 12.4. The molecule has 0 amide bonds. The molecule has 1 nitrogen and oxygen atoms in total. The SMILES string of the molecule is CC(C)CN(CC(C)C)CC(Br)C(F)(F)F. The lowest BCUT2D eigenvalue weighted by Crippen LogP contribution is -2.40. The second-order valence-electron chi connectivity index (χ2n) is 5.02. The summed E-state index contributed by atoms with van der Waals surface area (Å²) in [5, 5.41) is 0. The number of nitrogens with zero attached hydrogens (tertiary/aromatic N) is 1. The smallest absolute Gasteiger partial charge is 0.301 e. The summed E-state index contributed by atoms with van der Waals surface area (Å²) < 4.78 is 37.2. The van der Waals surface area contributed by atoms with E-state index >= 15 is 0 Å². The summed E-state index contributed by atoms with van der Waals surface area (Å²) in [6.45, 7) is 9.51. The van der Waals surface area contributed by atoms with Crippen LogP contribution in [-0.4, -0.2) is 35.5 Å². The van der Waals surface area contributed by atoms with E-state index < -0.39 is 11.0 Å². The third kappa shape index (κ3) is 7.49. The highest BCUT2D eigenvalue weighted by Crippen LogP contribution is 2.27. The molecule has 16 heavy (non-hydrogen) atoms. The molecular formula is C11H21BrF3N. The van der Waals surface area contributed by atoms with Crippen LogP contribution in [0, 0.1) is 11.8 Å². The van der Waals surface area contributed by atoms with Crippen LogP contribution in [-0.2, 0) is 0 Å². The monoisotopic (exact) mass is 303 g/mol. The van der Waals surface area contributed by atoms with Crippen molar-refractivity contribution in [3.05, 3.63) is 0 Å². The van der Waals surface area contributed by atoms with Gasteiger partial charge in [0, 0.05) is 19.6 Å². The lowest BCUT2D eigenvalue weighted by molar-refractivity contribution is -0.131. The first-order valence-electron chi connectivity index (χ1n) is 5.56. The summed E-state index contributed by atoms with van der Waals surface area (Å²) in [7, 11) is 0. The van der Waals surface area contributed by atoms with Crippen LogP contribution in [0.1, 0.15) is 27.7 Å². The highest BCUT2D eigenvalue weighted by molar-refractivity contribution is 9.09. The van der Waals surface area contributed by atoms with E-state index in [-0.39, 0.29) is 6.54 Å². The van der Waals surface area contributed by atoms with Crippen LogP contribution in [0.3, 0.4) is 0 Å². The summed E-state index contributed by atoms with van der Waals surface area (Å²) in [4.78, 5) is 0.444. The first-order valence-corrected chi connectivity index (χ1v) is 6.47. The Labute approximate surface area is 105 Å². The van der Waals surface area contributed by atoms with Gasteiger partial charge in [0.2, 0.25) is 0 Å². The highest BCUT2D eigenvalue weighted by atomic mass is 79.9. The Morgan fingerprint density at radius 3 is 1.56 bits per heavy atom. The van der Waals surface area contributed by atoms with Gasteiger partial charge in [-0.15, -0.1) is 0 Å². The number of halogens is 4. The average Bonchev–Trinajstić information content (AvgIpc) is 1.98. The Morgan fingerprint density at radius 1 is 0.938 bits per heavy atom. The zero-order valence-electron chi connectivity index (χ0n) is 10.3. The normalized spacial score (nSPS) is 15.2. The number of hydrogen-bond donors (Lipinski definition) is 0. The van der Waals surface area contributed by atoms with E-state index in [0.29, 0.717) is 24.9 Å². The molecule has 98 valence electrons. The summed E-state index contributed by atoms with van der Waals surface area (Å²) in [6, 6.07) is 0. The van der Waals surface area contributed by atoms with Crippen molar-refractivity contribution in [2.75, 3.05) is 19.6 Å². The van der Waals surface area contributed by atoms with E-state index in [1.807, 2.05) is 32.6 Å². The summed E-state index contributed by atoms with van der Waals surface area (Å²) in [5.41, 5.74) is 0. The topological polar surface area (TPSA) is 3.24 Å². The summed E-state index contributed by atoms with van der Waals surface area (Å²) >= 11 is 2.71. The second-order valence-corrected chi connectivity index (χ2v) is 6.12. The molecule has 0 heterocycles. The predicted octanol–water partition coefficient (Wildman–Crippen LogP) is 3.93. The molecule has 0 aliphatic carbocycles. The van der Waals surface area contributed by atoms with Crippen molar-refractivity contribution in [2.24, 2.45) is 11.8 Å². The van der Waals surface area contributed by atoms with Crippen LogP contribution in [0.25, 0.3) is 0 Å². The second kappa shape index (κ2) is 6.84. The van der Waals surface area contributed by atoms with E-state index in [9.17, 15) is 13.2 Å². The molecule has 0 rings (SSSR count). The maximum Gasteiger partial charge on any atom is 0.402 e. The standard InChI is InChI=1S/C11H21BrF3N/c1-8(2)5-16(6-9(3)4)7-10(12)11(13,14)15/h8-10H,5-7H2,1-4H3. The van der Waals surface area contributed by atoms with Gasteiger partial charge in [0.15, 0.2) is 0 Å². The van der Waals surface area contributed by atoms with Crippen molar-refractivity contribution in [1.29, 1.82) is 0 Å². The third-order valence-electron chi connectivity index (χ3n) is 2.02. The molecule has 0 bridgehead atoms. The zero-order valence-corrected chi connectivity index (χ0v) is 11.9. The van der Waals surface area contributed by atoms with Gasteiger partial charge < -0.3 is 4.90 Å². The van der Waals surface area contributed by atoms with Gasteiger partial charge in [0.05, 0.1) is 0 Å². The average molecular weight is 304 g/mol. The van der Waals surface area contributed by atoms with Crippen LogP contribution in [0.15, 0.2) is 0 Å². The van der Waals surface area contributed by atoms with Crippen molar-refractivity contribution >= 4 is 15.9 Å². The van der Waals surface area contributed by atoms with Gasteiger partial charge in [0.1, 0.15) is 4.83 Å². The zero-order chi connectivity index (χ0) is 12.9. The molecule has 0 saturated carbocycles. The van der Waals surface area contributed by atoms with E-state index in [2.05, 4.69) is 15.9 Å². The van der Waals surface area contributed by atoms with Crippen molar-refractivity contribution in [2.45, 2.75) is 38.7 Å². The molecule has 0 saturated heterocycles. The van der Waals surface area contributed by atoms with Crippen molar-refractivity contribution < 1.29 is 13.2 Å². The molecule has 0 aromatic carbocycles. The van der Waals surface area contributed by atoms with E-state index in [4.69, 9.17) is 0 Å². The minimum atomic E-state index is -4.16. The lowest BCUT2D eigenvalue weighted by atomic mass is 10.1. The molecule has 0 aromatic heterocycles. The van der Waals surface area contributed by atoms with Gasteiger partial charge in [-0.1, -0.05) is 43.6 Å². The Morgan fingerprint density at radius 2 is 1.31 bits per heavy atom. The molecule has 5 heteroatoms. The van der Waals surface area contributed by atoms with E-state index in [1.54, 1.807) is 0 Å². The quantitative estimate of drug-likeness (QED) is 0.672. The van der Waals surface area contributed by atoms with Crippen LogP contribution in [0.2, 0.25) is 0 Å². The Bertz CT molecular complexity index is 182. The number of rotatable bonds is 6. The van der Waals surface area contributed by atoms with Gasteiger partial charge in [-0.25, -0.2) is 0 Å². The summed E-state index contributed by atoms with van der Waals surface area (Å²) in [5.74, 6) is 0.762. The fraction of sp³-hybridized carbons (Fsp3) is 1.00. The number of hydrogen-bond acceptors (Lipinski definition) is 1. The first kappa shape index (κ1) is 16.2. The molecule has 1 unspecified atom stereocenters. The molecule has 0 spiro atoms. The maximum atomic E-state index is 12.4. The Kier molecular flexibility index (Phi) is 6.94. The predicted molar refractivity (Wildman–Crippen MR) is 64.9 cm³/mol. The Balaban J connectivity index is 4.30. The van der Waals surface area contributed by atoms with Gasteiger partial charge in [-0.05, 0) is 11.8 Å². The third-order valence-corrected chi connectivity index (χ3v) is 2.83. The van der Waals surface area contributed by atoms with Crippen LogP contribution in [0.5, 0.6) is 0 Å². The van der Waals surface area contributed by atoms with Gasteiger partial charge in [0.25, 0.3) is 0 Å². The molecule has 0 aromatic rings. The van der Waals surface area contributed by atoms with Crippen LogP contribution >= 0.6 is 15.9 Å². The molecule has 0 aliphatic rings. The fourth-order valence-electron chi connectivity index (χ4n) is 1.59.